The fourth-order valence-electron chi connectivity index (χ4n) is 1.56. The third kappa shape index (κ3) is 1.58. The van der Waals surface area contributed by atoms with Crippen LogP contribution in [0.2, 0.25) is 0 Å². The summed E-state index contributed by atoms with van der Waals surface area (Å²) in [6.07, 6.45) is 0. The van der Waals surface area contributed by atoms with Crippen molar-refractivity contribution < 1.29 is 0 Å². The first-order valence-electron chi connectivity index (χ1n) is 4.93. The second kappa shape index (κ2) is 3.73. The molecule has 0 bridgehead atoms. The maximum absolute atomic E-state index is 11.8. The highest BCUT2D eigenvalue weighted by atomic mass is 16.1. The number of benzene rings is 1. The molecule has 0 saturated heterocycles. The Morgan fingerprint density at radius 3 is 2.87 bits per heavy atom. The van der Waals surface area contributed by atoms with Crippen molar-refractivity contribution in [3.63, 3.8) is 0 Å². The van der Waals surface area contributed by atoms with E-state index in [0.29, 0.717) is 12.4 Å². The minimum Gasteiger partial charge on any atom is -0.366 e. The van der Waals surface area contributed by atoms with Crippen molar-refractivity contribution in [3.05, 3.63) is 34.6 Å². The molecule has 0 aliphatic carbocycles. The van der Waals surface area contributed by atoms with Crippen LogP contribution in [0.15, 0.2) is 29.1 Å². The first-order valence-corrected chi connectivity index (χ1v) is 4.93. The number of anilines is 1. The number of hydrogen-bond donors (Lipinski definition) is 1. The molecule has 0 radical (unpaired) electrons. The van der Waals surface area contributed by atoms with Crippen molar-refractivity contribution in [3.8, 4) is 0 Å². The summed E-state index contributed by atoms with van der Waals surface area (Å²) in [7, 11) is 1.76. The summed E-state index contributed by atoms with van der Waals surface area (Å²) in [6.45, 7) is 2.64. The van der Waals surface area contributed by atoms with Crippen molar-refractivity contribution in [1.82, 2.24) is 9.55 Å². The molecule has 4 nitrogen and oxygen atoms in total. The van der Waals surface area contributed by atoms with Crippen LogP contribution in [-0.4, -0.2) is 16.1 Å². The van der Waals surface area contributed by atoms with Gasteiger partial charge in [-0.25, -0.2) is 4.98 Å². The molecular weight excluding hydrogens is 190 g/mol. The van der Waals surface area contributed by atoms with Gasteiger partial charge in [0.05, 0.1) is 11.0 Å². The van der Waals surface area contributed by atoms with Crippen LogP contribution < -0.4 is 10.9 Å². The fraction of sp³-hybridized carbons (Fsp3) is 0.273. The third-order valence-electron chi connectivity index (χ3n) is 2.33. The second-order valence-corrected chi connectivity index (χ2v) is 3.34. The Bertz CT molecular complexity index is 545. The minimum absolute atomic E-state index is 0.0875. The van der Waals surface area contributed by atoms with Gasteiger partial charge in [0.15, 0.2) is 5.82 Å². The van der Waals surface area contributed by atoms with Gasteiger partial charge in [-0.1, -0.05) is 12.1 Å². The minimum atomic E-state index is -0.0875. The van der Waals surface area contributed by atoms with Gasteiger partial charge in [-0.3, -0.25) is 4.79 Å². The molecule has 78 valence electrons. The average Bonchev–Trinajstić information content (AvgIpc) is 2.26. The van der Waals surface area contributed by atoms with E-state index >= 15 is 0 Å². The van der Waals surface area contributed by atoms with Crippen molar-refractivity contribution in [2.24, 2.45) is 7.05 Å². The van der Waals surface area contributed by atoms with Crippen molar-refractivity contribution in [1.29, 1.82) is 0 Å². The molecule has 15 heavy (non-hydrogen) atoms. The van der Waals surface area contributed by atoms with E-state index in [4.69, 9.17) is 0 Å². The van der Waals surface area contributed by atoms with Crippen LogP contribution in [0.4, 0.5) is 5.82 Å². The summed E-state index contributed by atoms with van der Waals surface area (Å²) in [5.74, 6) is 0.415. The number of hydrogen-bond acceptors (Lipinski definition) is 3. The standard InChI is InChI=1S/C11H13N3O/c1-3-12-10-11(15)14(2)9-7-5-4-6-8(9)13-10/h4-7H,3H2,1-2H3,(H,12,13). The lowest BCUT2D eigenvalue weighted by atomic mass is 10.3. The Hall–Kier alpha value is -1.84. The van der Waals surface area contributed by atoms with Crippen molar-refractivity contribution >= 4 is 16.9 Å². The molecular formula is C11H13N3O. The molecule has 1 heterocycles. The number of nitrogens with zero attached hydrogens (tertiary/aromatic N) is 2. The zero-order valence-corrected chi connectivity index (χ0v) is 8.82. The molecule has 0 aliphatic heterocycles. The zero-order valence-electron chi connectivity index (χ0n) is 8.82. The number of rotatable bonds is 2. The molecule has 0 atom stereocenters. The van der Waals surface area contributed by atoms with Crippen LogP contribution in [0, 0.1) is 0 Å². The molecule has 0 saturated carbocycles. The number of para-hydroxylation sites is 2. The highest BCUT2D eigenvalue weighted by Crippen LogP contribution is 2.09. The van der Waals surface area contributed by atoms with Crippen LogP contribution in [0.3, 0.4) is 0 Å². The molecule has 2 rings (SSSR count). The van der Waals surface area contributed by atoms with Gasteiger partial charge in [-0.15, -0.1) is 0 Å². The lowest BCUT2D eigenvalue weighted by Crippen LogP contribution is -2.23. The molecule has 4 heteroatoms. The van der Waals surface area contributed by atoms with Gasteiger partial charge in [0, 0.05) is 13.6 Å². The molecule has 0 spiro atoms. The number of aryl methyl sites for hydroxylation is 1. The van der Waals surface area contributed by atoms with Gasteiger partial charge in [-0.05, 0) is 19.1 Å². The van der Waals surface area contributed by atoms with E-state index in [9.17, 15) is 4.79 Å². The highest BCUT2D eigenvalue weighted by molar-refractivity contribution is 5.76. The van der Waals surface area contributed by atoms with Crippen LogP contribution in [0.25, 0.3) is 11.0 Å². The summed E-state index contributed by atoms with van der Waals surface area (Å²) < 4.78 is 1.61. The zero-order chi connectivity index (χ0) is 10.8. The lowest BCUT2D eigenvalue weighted by Gasteiger charge is -2.07. The van der Waals surface area contributed by atoms with E-state index in [1.807, 2.05) is 31.2 Å². The fourth-order valence-corrected chi connectivity index (χ4v) is 1.56. The summed E-state index contributed by atoms with van der Waals surface area (Å²) in [5.41, 5.74) is 1.59. The predicted molar refractivity (Wildman–Crippen MR) is 61.1 cm³/mol. The summed E-state index contributed by atoms with van der Waals surface area (Å²) in [5, 5.41) is 2.96. The molecule has 0 amide bonds. The van der Waals surface area contributed by atoms with Gasteiger partial charge in [-0.2, -0.15) is 0 Å². The van der Waals surface area contributed by atoms with E-state index in [1.165, 1.54) is 0 Å². The van der Waals surface area contributed by atoms with E-state index < -0.39 is 0 Å². The number of nitrogens with one attached hydrogen (secondary N) is 1. The van der Waals surface area contributed by atoms with E-state index in [-0.39, 0.29) is 5.56 Å². The predicted octanol–water partition coefficient (Wildman–Crippen LogP) is 1.37. The molecule has 1 aromatic carbocycles. The van der Waals surface area contributed by atoms with Gasteiger partial charge in [0.2, 0.25) is 0 Å². The summed E-state index contributed by atoms with van der Waals surface area (Å²) in [6, 6.07) is 7.60. The SMILES string of the molecule is CCNc1nc2ccccc2n(C)c1=O. The van der Waals surface area contributed by atoms with E-state index in [1.54, 1.807) is 11.6 Å². The van der Waals surface area contributed by atoms with Gasteiger partial charge < -0.3 is 9.88 Å². The molecule has 1 aromatic heterocycles. The Morgan fingerprint density at radius 1 is 1.40 bits per heavy atom. The van der Waals surface area contributed by atoms with E-state index in [0.717, 1.165) is 11.0 Å². The third-order valence-corrected chi connectivity index (χ3v) is 2.33. The normalized spacial score (nSPS) is 10.5. The van der Waals surface area contributed by atoms with Gasteiger partial charge in [0.1, 0.15) is 0 Å². The average molecular weight is 203 g/mol. The Balaban J connectivity index is 2.77. The Morgan fingerprint density at radius 2 is 2.13 bits per heavy atom. The van der Waals surface area contributed by atoms with Crippen molar-refractivity contribution in [2.75, 3.05) is 11.9 Å². The smallest absolute Gasteiger partial charge is 0.293 e. The van der Waals surface area contributed by atoms with Gasteiger partial charge >= 0.3 is 0 Å². The molecule has 1 N–H and O–H groups in total. The maximum Gasteiger partial charge on any atom is 0.293 e. The van der Waals surface area contributed by atoms with Crippen LogP contribution in [0.5, 0.6) is 0 Å². The quantitative estimate of drug-likeness (QED) is 0.801. The van der Waals surface area contributed by atoms with Gasteiger partial charge in [0.25, 0.3) is 5.56 Å². The Kier molecular flexibility index (Phi) is 2.41. The van der Waals surface area contributed by atoms with Crippen molar-refractivity contribution in [2.45, 2.75) is 6.92 Å². The summed E-state index contributed by atoms with van der Waals surface area (Å²) in [4.78, 5) is 16.1. The maximum atomic E-state index is 11.8. The number of aromatic nitrogens is 2. The van der Waals surface area contributed by atoms with Crippen LogP contribution in [-0.2, 0) is 7.05 Å². The molecule has 0 fully saturated rings. The number of fused-ring (bicyclic) bond motifs is 1. The molecule has 0 unspecified atom stereocenters. The highest BCUT2D eigenvalue weighted by Gasteiger charge is 2.06. The first-order chi connectivity index (χ1) is 7.24. The molecule has 2 aromatic rings. The largest absolute Gasteiger partial charge is 0.366 e. The van der Waals surface area contributed by atoms with Crippen LogP contribution in [0.1, 0.15) is 6.92 Å². The van der Waals surface area contributed by atoms with Crippen LogP contribution >= 0.6 is 0 Å². The topological polar surface area (TPSA) is 46.9 Å². The molecule has 0 aliphatic rings. The monoisotopic (exact) mass is 203 g/mol. The first kappa shape index (κ1) is 9.71. The Labute approximate surface area is 87.6 Å². The summed E-state index contributed by atoms with van der Waals surface area (Å²) >= 11 is 0. The van der Waals surface area contributed by atoms with E-state index in [2.05, 4.69) is 10.3 Å². The second-order valence-electron chi connectivity index (χ2n) is 3.34. The lowest BCUT2D eigenvalue weighted by molar-refractivity contribution is 0.890.